The molecule has 4 rings (SSSR count). The maximum atomic E-state index is 12.8. The highest BCUT2D eigenvalue weighted by atomic mass is 16.5. The van der Waals surface area contributed by atoms with Gasteiger partial charge >= 0.3 is 5.69 Å². The van der Waals surface area contributed by atoms with Gasteiger partial charge in [-0.25, -0.2) is 4.79 Å². The Kier molecular flexibility index (Phi) is 7.56. The number of aromatic nitrogens is 5. The van der Waals surface area contributed by atoms with Crippen LogP contribution in [0.15, 0.2) is 65.6 Å². The van der Waals surface area contributed by atoms with E-state index in [4.69, 9.17) is 25.4 Å². The highest BCUT2D eigenvalue weighted by Gasteiger charge is 2.22. The van der Waals surface area contributed by atoms with Crippen molar-refractivity contribution >= 4 is 11.5 Å². The van der Waals surface area contributed by atoms with Gasteiger partial charge in [0.25, 0.3) is 0 Å². The van der Waals surface area contributed by atoms with Crippen molar-refractivity contribution in [2.24, 2.45) is 5.73 Å². The molecule has 1 atom stereocenters. The first kappa shape index (κ1) is 24.4. The fraction of sp³-hybridized carbons (Fsp3) is 0.208. The number of rotatable bonds is 11. The summed E-state index contributed by atoms with van der Waals surface area (Å²) in [6.45, 7) is 0.776. The number of benzene rings is 2. The van der Waals surface area contributed by atoms with Gasteiger partial charge in [-0.15, -0.1) is 10.2 Å². The largest absolute Gasteiger partial charge is 0.497 e. The molecule has 1 unspecified atom stereocenters. The average Bonchev–Trinajstić information content (AvgIpc) is 3.29. The summed E-state index contributed by atoms with van der Waals surface area (Å²) < 4.78 is 17.5. The lowest BCUT2D eigenvalue weighted by atomic mass is 10.0. The predicted octanol–water partition coefficient (Wildman–Crippen LogP) is 1.87. The average molecular weight is 491 g/mol. The molecule has 0 aliphatic carbocycles. The predicted molar refractivity (Wildman–Crippen MR) is 133 cm³/mol. The Bertz CT molecular complexity index is 1370. The summed E-state index contributed by atoms with van der Waals surface area (Å²) in [4.78, 5) is 15.6. The van der Waals surface area contributed by atoms with E-state index in [2.05, 4.69) is 25.6 Å². The molecule has 2 heterocycles. The zero-order valence-corrected chi connectivity index (χ0v) is 19.8. The summed E-state index contributed by atoms with van der Waals surface area (Å²) in [6, 6.07) is 15.1. The maximum Gasteiger partial charge on any atom is 0.349 e. The van der Waals surface area contributed by atoms with Crippen molar-refractivity contribution in [3.05, 3.63) is 88.2 Å². The molecule has 0 amide bonds. The van der Waals surface area contributed by atoms with Crippen LogP contribution in [-0.2, 0) is 4.74 Å². The fourth-order valence-corrected chi connectivity index (χ4v) is 3.46. The van der Waals surface area contributed by atoms with Crippen LogP contribution in [-0.4, -0.2) is 58.2 Å². The quantitative estimate of drug-likeness (QED) is 0.139. The molecule has 2 aromatic heterocycles. The minimum absolute atomic E-state index is 0.0317. The summed E-state index contributed by atoms with van der Waals surface area (Å²) in [7, 11) is 3.16. The number of hydrogen-bond donors (Lipinski definition) is 4. The van der Waals surface area contributed by atoms with Crippen LogP contribution < -0.4 is 26.2 Å². The van der Waals surface area contributed by atoms with Crippen LogP contribution in [0, 0.1) is 5.41 Å². The van der Waals surface area contributed by atoms with Crippen molar-refractivity contribution in [2.45, 2.75) is 6.04 Å². The Morgan fingerprint density at radius 2 is 1.92 bits per heavy atom. The summed E-state index contributed by atoms with van der Waals surface area (Å²) in [5.41, 5.74) is 7.14. The van der Waals surface area contributed by atoms with Gasteiger partial charge in [0.15, 0.2) is 11.6 Å². The van der Waals surface area contributed by atoms with E-state index in [0.717, 1.165) is 10.2 Å². The summed E-state index contributed by atoms with van der Waals surface area (Å²) >= 11 is 0. The second kappa shape index (κ2) is 11.1. The number of nitrogen functional groups attached to an aromatic ring is 1. The number of nitrogens with one attached hydrogen (secondary N) is 3. The maximum absolute atomic E-state index is 12.8. The van der Waals surface area contributed by atoms with Crippen LogP contribution in [0.2, 0.25) is 0 Å². The molecule has 12 nitrogen and oxygen atoms in total. The number of anilines is 1. The van der Waals surface area contributed by atoms with Crippen molar-refractivity contribution in [2.75, 3.05) is 32.8 Å². The molecule has 2 aromatic carbocycles. The molecule has 12 heteroatoms. The van der Waals surface area contributed by atoms with Crippen molar-refractivity contribution < 1.29 is 14.2 Å². The minimum atomic E-state index is -0.612. The number of methoxy groups -OCH3 is 2. The van der Waals surface area contributed by atoms with Crippen molar-refractivity contribution in [3.8, 4) is 17.3 Å². The van der Waals surface area contributed by atoms with Crippen LogP contribution in [0.25, 0.3) is 5.82 Å². The first-order chi connectivity index (χ1) is 17.5. The molecule has 0 saturated carbocycles. The second-order valence-corrected chi connectivity index (χ2v) is 7.66. The number of nitrogens with zero attached hydrogens (tertiary/aromatic N) is 4. The first-order valence-electron chi connectivity index (χ1n) is 11.0. The molecule has 186 valence electrons. The topological polar surface area (TPSA) is 166 Å². The van der Waals surface area contributed by atoms with Gasteiger partial charge in [-0.3, -0.25) is 10.4 Å². The zero-order chi connectivity index (χ0) is 25.5. The van der Waals surface area contributed by atoms with E-state index in [1.165, 1.54) is 6.20 Å². The molecule has 0 spiro atoms. The van der Waals surface area contributed by atoms with E-state index >= 15 is 0 Å². The van der Waals surface area contributed by atoms with E-state index in [-0.39, 0.29) is 11.7 Å². The van der Waals surface area contributed by atoms with Crippen LogP contribution in [0.5, 0.6) is 11.5 Å². The third-order valence-corrected chi connectivity index (χ3v) is 5.22. The third-order valence-electron chi connectivity index (χ3n) is 5.22. The molecule has 36 heavy (non-hydrogen) atoms. The Hall–Kier alpha value is -4.71. The monoisotopic (exact) mass is 490 g/mol. The van der Waals surface area contributed by atoms with Gasteiger partial charge in [-0.1, -0.05) is 0 Å². The van der Waals surface area contributed by atoms with E-state index in [1.807, 2.05) is 12.1 Å². The highest BCUT2D eigenvalue weighted by molar-refractivity contribution is 5.95. The van der Waals surface area contributed by atoms with Gasteiger partial charge in [0.05, 0.1) is 13.7 Å². The smallest absolute Gasteiger partial charge is 0.349 e. The third kappa shape index (κ3) is 5.67. The molecule has 4 aromatic rings. The molecule has 0 radical (unpaired) electrons. The van der Waals surface area contributed by atoms with Crippen molar-refractivity contribution in [1.82, 2.24) is 25.0 Å². The van der Waals surface area contributed by atoms with Gasteiger partial charge in [-0.05, 0) is 54.1 Å². The summed E-state index contributed by atoms with van der Waals surface area (Å²) in [5, 5.41) is 23.3. The summed E-state index contributed by atoms with van der Waals surface area (Å²) in [5.74, 6) is 1.71. The lowest BCUT2D eigenvalue weighted by Crippen LogP contribution is -2.17. The van der Waals surface area contributed by atoms with Gasteiger partial charge < -0.3 is 25.3 Å². The van der Waals surface area contributed by atoms with E-state index in [9.17, 15) is 4.79 Å². The molecule has 0 saturated heterocycles. The SMILES string of the molecule is COCCOc1cc(OC)cc(C(Nc2ccc(C(=N)N)cc2)c2nn(-c3cccnn3)c(=O)[nH]2)c1. The molecule has 0 fully saturated rings. The molecule has 0 aliphatic heterocycles. The highest BCUT2D eigenvalue weighted by Crippen LogP contribution is 2.31. The minimum Gasteiger partial charge on any atom is -0.497 e. The number of aromatic amines is 1. The Morgan fingerprint density at radius 1 is 1.14 bits per heavy atom. The normalized spacial score (nSPS) is 11.6. The molecule has 0 bridgehead atoms. The van der Waals surface area contributed by atoms with Gasteiger partial charge in [0, 0.05) is 30.6 Å². The number of amidine groups is 1. The van der Waals surface area contributed by atoms with Crippen LogP contribution >= 0.6 is 0 Å². The zero-order valence-electron chi connectivity index (χ0n) is 19.8. The van der Waals surface area contributed by atoms with E-state index in [0.29, 0.717) is 41.8 Å². The van der Waals surface area contributed by atoms with Crippen LogP contribution in [0.3, 0.4) is 0 Å². The lowest BCUT2D eigenvalue weighted by molar-refractivity contribution is 0.146. The van der Waals surface area contributed by atoms with Gasteiger partial charge in [0.1, 0.15) is 30.0 Å². The fourth-order valence-electron chi connectivity index (χ4n) is 3.46. The van der Waals surface area contributed by atoms with Crippen LogP contribution in [0.4, 0.5) is 5.69 Å². The first-order valence-corrected chi connectivity index (χ1v) is 11.0. The Balaban J connectivity index is 1.77. The lowest BCUT2D eigenvalue weighted by Gasteiger charge is -2.20. The van der Waals surface area contributed by atoms with E-state index < -0.39 is 11.7 Å². The molecule has 5 N–H and O–H groups in total. The summed E-state index contributed by atoms with van der Waals surface area (Å²) in [6.07, 6.45) is 1.51. The van der Waals surface area contributed by atoms with Gasteiger partial charge in [-0.2, -0.15) is 9.78 Å². The van der Waals surface area contributed by atoms with Gasteiger partial charge in [0.2, 0.25) is 0 Å². The Labute approximate surface area is 206 Å². The molecule has 0 aliphatic rings. The number of nitrogens with two attached hydrogens (primary N) is 1. The van der Waals surface area contributed by atoms with Crippen molar-refractivity contribution in [1.29, 1.82) is 5.41 Å². The van der Waals surface area contributed by atoms with E-state index in [1.54, 1.807) is 56.7 Å². The second-order valence-electron chi connectivity index (χ2n) is 7.66. The molecular formula is C24H26N8O4. The van der Waals surface area contributed by atoms with Crippen LogP contribution in [0.1, 0.15) is 23.0 Å². The molecular weight excluding hydrogens is 464 g/mol. The van der Waals surface area contributed by atoms with Crippen molar-refractivity contribution in [3.63, 3.8) is 0 Å². The number of ether oxygens (including phenoxy) is 3. The Morgan fingerprint density at radius 3 is 2.58 bits per heavy atom. The number of hydrogen-bond acceptors (Lipinski definition) is 9. The standard InChI is InChI=1S/C24H26N8O4/c1-34-10-11-36-19-13-16(12-18(14-19)35-2)21(28-17-7-5-15(6-8-17)22(25)26)23-29-24(33)32(31-23)20-4-3-9-27-30-20/h3-9,12-14,21,28H,10-11H2,1-2H3,(H3,25,26)(H,29,31,33). The number of H-pyrrole nitrogens is 1.